The van der Waals surface area contributed by atoms with Crippen LogP contribution >= 0.6 is 11.6 Å². The molecule has 0 aliphatic rings. The molecule has 21 heavy (non-hydrogen) atoms. The van der Waals surface area contributed by atoms with Gasteiger partial charge in [0.05, 0.1) is 0 Å². The van der Waals surface area contributed by atoms with E-state index >= 15 is 0 Å². The van der Waals surface area contributed by atoms with E-state index in [9.17, 15) is 0 Å². The first-order valence-corrected chi connectivity index (χ1v) is 7.23. The highest BCUT2D eigenvalue weighted by atomic mass is 35.5. The molecule has 2 N–H and O–H groups in total. The minimum absolute atomic E-state index is 0.442. The summed E-state index contributed by atoms with van der Waals surface area (Å²) in [5.74, 6) is 0.868. The highest BCUT2D eigenvalue weighted by molar-refractivity contribution is 6.31. The molecule has 0 spiro atoms. The number of fused-ring (bicyclic) bond motifs is 1. The third-order valence-electron chi connectivity index (χ3n) is 3.49. The number of nitrogens with two attached hydrogens (primary N) is 1. The van der Waals surface area contributed by atoms with Gasteiger partial charge in [-0.15, -0.1) is 0 Å². The summed E-state index contributed by atoms with van der Waals surface area (Å²) in [5, 5.41) is 2.97. The van der Waals surface area contributed by atoms with Gasteiger partial charge in [-0.2, -0.15) is 0 Å². The summed E-state index contributed by atoms with van der Waals surface area (Å²) in [6, 6.07) is 20.1. The third kappa shape index (κ3) is 3.02. The SMILES string of the molecule is NCc1ccc(COc2cccc3ccccc23)c(Cl)c1. The van der Waals surface area contributed by atoms with E-state index in [1.807, 2.05) is 42.5 Å². The van der Waals surface area contributed by atoms with Crippen LogP contribution in [0.15, 0.2) is 60.7 Å². The van der Waals surface area contributed by atoms with Crippen LogP contribution in [0.4, 0.5) is 0 Å². The van der Waals surface area contributed by atoms with Crippen LogP contribution in [0, 0.1) is 0 Å². The van der Waals surface area contributed by atoms with Gasteiger partial charge in [-0.05, 0) is 23.1 Å². The van der Waals surface area contributed by atoms with E-state index < -0.39 is 0 Å². The predicted molar refractivity (Wildman–Crippen MR) is 87.6 cm³/mol. The highest BCUT2D eigenvalue weighted by Crippen LogP contribution is 2.27. The Morgan fingerprint density at radius 1 is 0.952 bits per heavy atom. The standard InChI is InChI=1S/C18H16ClNO/c19-17-10-13(11-20)8-9-15(17)12-21-18-7-3-5-14-4-1-2-6-16(14)18/h1-10H,11-12,20H2. The van der Waals surface area contributed by atoms with Crippen LogP contribution in [0.25, 0.3) is 10.8 Å². The van der Waals surface area contributed by atoms with Crippen LogP contribution in [0.3, 0.4) is 0 Å². The first-order chi connectivity index (χ1) is 10.3. The van der Waals surface area contributed by atoms with E-state index in [1.165, 1.54) is 5.39 Å². The highest BCUT2D eigenvalue weighted by Gasteiger charge is 2.05. The van der Waals surface area contributed by atoms with Crippen LogP contribution in [0.5, 0.6) is 5.75 Å². The zero-order chi connectivity index (χ0) is 14.7. The number of halogens is 1. The lowest BCUT2D eigenvalue weighted by Gasteiger charge is -2.11. The minimum Gasteiger partial charge on any atom is -0.488 e. The second-order valence-electron chi connectivity index (χ2n) is 4.90. The fourth-order valence-electron chi connectivity index (χ4n) is 2.31. The van der Waals surface area contributed by atoms with Gasteiger partial charge in [-0.3, -0.25) is 0 Å². The molecule has 0 atom stereocenters. The first-order valence-electron chi connectivity index (χ1n) is 6.86. The lowest BCUT2D eigenvalue weighted by atomic mass is 10.1. The Balaban J connectivity index is 1.84. The third-order valence-corrected chi connectivity index (χ3v) is 3.84. The van der Waals surface area contributed by atoms with Crippen molar-refractivity contribution in [2.75, 3.05) is 0 Å². The summed E-state index contributed by atoms with van der Waals surface area (Å²) in [5.41, 5.74) is 7.59. The molecule has 0 aromatic heterocycles. The molecule has 0 saturated carbocycles. The van der Waals surface area contributed by atoms with Gasteiger partial charge in [0.25, 0.3) is 0 Å². The maximum absolute atomic E-state index is 6.26. The molecule has 0 amide bonds. The second kappa shape index (κ2) is 6.17. The van der Waals surface area contributed by atoms with Gasteiger partial charge < -0.3 is 10.5 Å². The molecule has 0 heterocycles. The predicted octanol–water partition coefficient (Wildman–Crippen LogP) is 4.53. The average molecular weight is 298 g/mol. The lowest BCUT2D eigenvalue weighted by Crippen LogP contribution is -2.00. The molecule has 0 aliphatic carbocycles. The van der Waals surface area contributed by atoms with Gasteiger partial charge in [-0.1, -0.05) is 60.1 Å². The van der Waals surface area contributed by atoms with Gasteiger partial charge in [0.15, 0.2) is 0 Å². The molecule has 0 bridgehead atoms. The molecular formula is C18H16ClNO. The Hall–Kier alpha value is -2.03. The van der Waals surface area contributed by atoms with Crippen molar-refractivity contribution < 1.29 is 4.74 Å². The van der Waals surface area contributed by atoms with E-state index in [1.54, 1.807) is 0 Å². The number of hydrogen-bond acceptors (Lipinski definition) is 2. The fourth-order valence-corrected chi connectivity index (χ4v) is 2.57. The van der Waals surface area contributed by atoms with E-state index in [0.717, 1.165) is 22.3 Å². The van der Waals surface area contributed by atoms with Gasteiger partial charge in [0, 0.05) is 22.5 Å². The summed E-state index contributed by atoms with van der Waals surface area (Å²) in [6.45, 7) is 0.932. The molecule has 3 aromatic rings. The summed E-state index contributed by atoms with van der Waals surface area (Å²) >= 11 is 6.26. The van der Waals surface area contributed by atoms with Crippen molar-refractivity contribution >= 4 is 22.4 Å². The molecule has 3 heteroatoms. The Morgan fingerprint density at radius 3 is 2.57 bits per heavy atom. The van der Waals surface area contributed by atoms with Gasteiger partial charge in [-0.25, -0.2) is 0 Å². The first kappa shape index (κ1) is 13.9. The zero-order valence-electron chi connectivity index (χ0n) is 11.6. The van der Waals surface area contributed by atoms with Gasteiger partial charge >= 0.3 is 0 Å². The molecule has 0 radical (unpaired) electrons. The van der Waals surface area contributed by atoms with Crippen molar-refractivity contribution in [1.29, 1.82) is 0 Å². The topological polar surface area (TPSA) is 35.2 Å². The molecule has 106 valence electrons. The molecule has 0 fully saturated rings. The van der Waals surface area contributed by atoms with Gasteiger partial charge in [0.2, 0.25) is 0 Å². The van der Waals surface area contributed by atoms with E-state index in [-0.39, 0.29) is 0 Å². The molecule has 0 unspecified atom stereocenters. The smallest absolute Gasteiger partial charge is 0.127 e. The van der Waals surface area contributed by atoms with Crippen LogP contribution in [0.1, 0.15) is 11.1 Å². The van der Waals surface area contributed by atoms with Gasteiger partial charge in [0.1, 0.15) is 12.4 Å². The van der Waals surface area contributed by atoms with Crippen LogP contribution in [0.2, 0.25) is 5.02 Å². The Morgan fingerprint density at radius 2 is 1.76 bits per heavy atom. The zero-order valence-corrected chi connectivity index (χ0v) is 12.3. The maximum Gasteiger partial charge on any atom is 0.127 e. The molecule has 3 aromatic carbocycles. The van der Waals surface area contributed by atoms with E-state index in [2.05, 4.69) is 18.2 Å². The second-order valence-corrected chi connectivity index (χ2v) is 5.30. The molecule has 0 saturated heterocycles. The van der Waals surface area contributed by atoms with Crippen LogP contribution in [-0.2, 0) is 13.2 Å². The summed E-state index contributed by atoms with van der Waals surface area (Å²) in [7, 11) is 0. The van der Waals surface area contributed by atoms with Crippen molar-refractivity contribution in [2.24, 2.45) is 5.73 Å². The normalized spacial score (nSPS) is 10.8. The summed E-state index contributed by atoms with van der Waals surface area (Å²) in [6.07, 6.45) is 0. The lowest BCUT2D eigenvalue weighted by molar-refractivity contribution is 0.310. The largest absolute Gasteiger partial charge is 0.488 e. The molecule has 2 nitrogen and oxygen atoms in total. The molecule has 3 rings (SSSR count). The van der Waals surface area contributed by atoms with Crippen LogP contribution in [-0.4, -0.2) is 0 Å². The Bertz CT molecular complexity index is 765. The minimum atomic E-state index is 0.442. The average Bonchev–Trinajstić information content (AvgIpc) is 2.53. The quantitative estimate of drug-likeness (QED) is 0.768. The number of ether oxygens (including phenoxy) is 1. The molecular weight excluding hydrogens is 282 g/mol. The summed E-state index contributed by atoms with van der Waals surface area (Å²) in [4.78, 5) is 0. The van der Waals surface area contributed by atoms with Crippen molar-refractivity contribution in [1.82, 2.24) is 0 Å². The number of rotatable bonds is 4. The maximum atomic E-state index is 6.26. The van der Waals surface area contributed by atoms with Crippen molar-refractivity contribution in [2.45, 2.75) is 13.2 Å². The fraction of sp³-hybridized carbons (Fsp3) is 0.111. The monoisotopic (exact) mass is 297 g/mol. The number of hydrogen-bond donors (Lipinski definition) is 1. The Labute approximate surface area is 129 Å². The van der Waals surface area contributed by atoms with Crippen LogP contribution < -0.4 is 10.5 Å². The summed E-state index contributed by atoms with van der Waals surface area (Å²) < 4.78 is 5.94. The molecule has 0 aliphatic heterocycles. The Kier molecular flexibility index (Phi) is 4.09. The van der Waals surface area contributed by atoms with Crippen molar-refractivity contribution in [3.05, 3.63) is 76.8 Å². The number of benzene rings is 3. The van der Waals surface area contributed by atoms with Crippen molar-refractivity contribution in [3.63, 3.8) is 0 Å². The van der Waals surface area contributed by atoms with E-state index in [0.29, 0.717) is 18.2 Å². The van der Waals surface area contributed by atoms with Crippen molar-refractivity contribution in [3.8, 4) is 5.75 Å². The van der Waals surface area contributed by atoms with E-state index in [4.69, 9.17) is 22.1 Å².